The summed E-state index contributed by atoms with van der Waals surface area (Å²) in [7, 11) is 0. The first-order chi connectivity index (χ1) is 12.5. The minimum atomic E-state index is 0.341. The van der Waals surface area contributed by atoms with Gasteiger partial charge in [0.15, 0.2) is 5.82 Å². The average Bonchev–Trinajstić information content (AvgIpc) is 3.00. The van der Waals surface area contributed by atoms with Gasteiger partial charge in [-0.25, -0.2) is 14.7 Å². The van der Waals surface area contributed by atoms with Crippen molar-refractivity contribution in [3.05, 3.63) is 74.6 Å². The Kier molecular flexibility index (Phi) is 4.34. The number of aromatic nitrogens is 3. The Morgan fingerprint density at radius 1 is 1.19 bits per heavy atom. The Morgan fingerprint density at radius 2 is 2.00 bits per heavy atom. The van der Waals surface area contributed by atoms with Crippen molar-refractivity contribution in [3.63, 3.8) is 0 Å². The van der Waals surface area contributed by atoms with Crippen LogP contribution in [0.5, 0.6) is 0 Å². The first-order valence-corrected chi connectivity index (χ1v) is 9.12. The van der Waals surface area contributed by atoms with Crippen molar-refractivity contribution in [2.24, 2.45) is 4.99 Å². The lowest BCUT2D eigenvalue weighted by molar-refractivity contribution is 0.500. The van der Waals surface area contributed by atoms with Crippen molar-refractivity contribution in [3.8, 4) is 5.82 Å². The highest BCUT2D eigenvalue weighted by Gasteiger charge is 2.25. The van der Waals surface area contributed by atoms with Crippen LogP contribution in [0.1, 0.15) is 16.8 Å². The van der Waals surface area contributed by atoms with Gasteiger partial charge in [-0.15, -0.1) is 0 Å². The van der Waals surface area contributed by atoms with Crippen LogP contribution in [0.15, 0.2) is 52.7 Å². The smallest absolute Gasteiger partial charge is 0.246 e. The first-order valence-electron chi connectivity index (χ1n) is 7.57. The molecule has 0 N–H and O–H groups in total. The molecule has 8 heteroatoms. The minimum absolute atomic E-state index is 0.341. The number of nitrogens with zero attached hydrogens (tertiary/aromatic N) is 4. The molecule has 26 heavy (non-hydrogen) atoms. The van der Waals surface area contributed by atoms with E-state index in [0.29, 0.717) is 37.8 Å². The molecule has 4 rings (SSSR count). The number of hydrogen-bond donors (Lipinski definition) is 0. The van der Waals surface area contributed by atoms with E-state index in [9.17, 15) is 0 Å². The summed E-state index contributed by atoms with van der Waals surface area (Å²) in [6.07, 6.45) is 1.64. The molecule has 0 aliphatic carbocycles. The number of aliphatic imine (C=N–C) groups is 1. The van der Waals surface area contributed by atoms with Gasteiger partial charge in [-0.2, -0.15) is 5.10 Å². The van der Waals surface area contributed by atoms with Crippen LogP contribution in [0.2, 0.25) is 10.0 Å². The Balaban J connectivity index is 1.92. The minimum Gasteiger partial charge on any atom is -0.437 e. The van der Waals surface area contributed by atoms with Crippen molar-refractivity contribution in [2.75, 3.05) is 0 Å². The van der Waals surface area contributed by atoms with E-state index in [2.05, 4.69) is 37.6 Å². The Morgan fingerprint density at radius 3 is 2.77 bits per heavy atom. The molecule has 5 nitrogen and oxygen atoms in total. The van der Waals surface area contributed by atoms with Gasteiger partial charge < -0.3 is 4.74 Å². The monoisotopic (exact) mass is 448 g/mol. The highest BCUT2D eigenvalue weighted by atomic mass is 79.9. The molecule has 0 bridgehead atoms. The Bertz CT molecular complexity index is 1090. The summed E-state index contributed by atoms with van der Waals surface area (Å²) >= 11 is 15.9. The van der Waals surface area contributed by atoms with E-state index < -0.39 is 0 Å². The third-order valence-corrected chi connectivity index (χ3v) is 5.03. The third kappa shape index (κ3) is 2.84. The fourth-order valence-electron chi connectivity index (χ4n) is 2.65. The van der Waals surface area contributed by atoms with Crippen LogP contribution >= 0.6 is 39.1 Å². The van der Waals surface area contributed by atoms with E-state index >= 15 is 0 Å². The van der Waals surface area contributed by atoms with Crippen LogP contribution < -0.4 is 0 Å². The van der Waals surface area contributed by atoms with Crippen LogP contribution in [0.25, 0.3) is 11.6 Å². The van der Waals surface area contributed by atoms with Gasteiger partial charge in [0.05, 0.1) is 10.7 Å². The number of pyridine rings is 1. The molecule has 0 unspecified atom stereocenters. The number of benzene rings is 1. The molecule has 1 aliphatic heterocycles. The maximum atomic E-state index is 6.28. The zero-order valence-corrected chi connectivity index (χ0v) is 16.6. The summed E-state index contributed by atoms with van der Waals surface area (Å²) in [5.74, 6) is 1.30. The van der Waals surface area contributed by atoms with Gasteiger partial charge in [0.2, 0.25) is 5.90 Å². The number of ether oxygens (including phenoxy) is 1. The maximum Gasteiger partial charge on any atom is 0.246 e. The predicted molar refractivity (Wildman–Crippen MR) is 107 cm³/mol. The summed E-state index contributed by atoms with van der Waals surface area (Å²) in [5.41, 5.74) is 2.96. The molecular weight excluding hydrogens is 439 g/mol. The van der Waals surface area contributed by atoms with Crippen LogP contribution in [-0.4, -0.2) is 20.7 Å². The summed E-state index contributed by atoms with van der Waals surface area (Å²) < 4.78 is 8.04. The summed E-state index contributed by atoms with van der Waals surface area (Å²) in [5, 5.41) is 5.49. The van der Waals surface area contributed by atoms with Crippen LogP contribution in [0, 0.1) is 6.92 Å². The second-order valence-electron chi connectivity index (χ2n) is 5.58. The van der Waals surface area contributed by atoms with E-state index in [1.165, 1.54) is 0 Å². The number of rotatable bonds is 2. The van der Waals surface area contributed by atoms with Crippen molar-refractivity contribution in [1.29, 1.82) is 0 Å². The SMILES string of the molecule is C=C1OC(c2cc(Br)nn2-c2ncccc2Cl)=Nc2c1ccc(Cl)c2C. The fraction of sp³-hybridized carbons (Fsp3) is 0.0556. The van der Waals surface area contributed by atoms with E-state index in [1.807, 2.05) is 13.0 Å². The molecule has 1 aliphatic rings. The van der Waals surface area contributed by atoms with Gasteiger partial charge in [0.1, 0.15) is 16.1 Å². The molecule has 0 atom stereocenters. The molecule has 0 saturated carbocycles. The highest BCUT2D eigenvalue weighted by molar-refractivity contribution is 9.10. The van der Waals surface area contributed by atoms with E-state index in [-0.39, 0.29) is 0 Å². The molecule has 0 spiro atoms. The summed E-state index contributed by atoms with van der Waals surface area (Å²) in [4.78, 5) is 8.96. The standard InChI is InChI=1S/C18H11BrCl2N4O/c1-9-12(20)6-5-11-10(2)26-18(23-16(9)11)14-8-15(19)24-25(14)17-13(21)4-3-7-22-17/h3-8H,2H2,1H3. The van der Waals surface area contributed by atoms with Crippen molar-refractivity contribution in [1.82, 2.24) is 14.8 Å². The lowest BCUT2D eigenvalue weighted by atomic mass is 10.1. The molecule has 130 valence electrons. The van der Waals surface area contributed by atoms with E-state index in [0.717, 1.165) is 16.8 Å². The zero-order chi connectivity index (χ0) is 18.4. The van der Waals surface area contributed by atoms with Crippen LogP contribution in [0.3, 0.4) is 0 Å². The number of fused-ring (bicyclic) bond motifs is 1. The maximum absolute atomic E-state index is 6.28. The van der Waals surface area contributed by atoms with E-state index in [4.69, 9.17) is 27.9 Å². The van der Waals surface area contributed by atoms with Crippen LogP contribution in [0.4, 0.5) is 5.69 Å². The Labute approximate surface area is 168 Å². The topological polar surface area (TPSA) is 52.3 Å². The highest BCUT2D eigenvalue weighted by Crippen LogP contribution is 2.38. The molecule has 0 amide bonds. The summed E-state index contributed by atoms with van der Waals surface area (Å²) in [6.45, 7) is 5.91. The molecule has 3 heterocycles. The van der Waals surface area contributed by atoms with Gasteiger partial charge in [-0.3, -0.25) is 0 Å². The fourth-order valence-corrected chi connectivity index (χ4v) is 3.38. The predicted octanol–water partition coefficient (Wildman–Crippen LogP) is 5.72. The largest absolute Gasteiger partial charge is 0.437 e. The average molecular weight is 450 g/mol. The quantitative estimate of drug-likeness (QED) is 0.502. The van der Waals surface area contributed by atoms with Gasteiger partial charge in [-0.1, -0.05) is 29.8 Å². The normalized spacial score (nSPS) is 13.2. The molecule has 1 aromatic carbocycles. The molecule has 3 aromatic rings. The molecule has 0 fully saturated rings. The van der Waals surface area contributed by atoms with Crippen molar-refractivity contribution < 1.29 is 4.74 Å². The first kappa shape index (κ1) is 17.3. The number of halogens is 3. The molecular formula is C18H11BrCl2N4O. The van der Waals surface area contributed by atoms with Gasteiger partial charge >= 0.3 is 0 Å². The van der Waals surface area contributed by atoms with Crippen molar-refractivity contribution in [2.45, 2.75) is 6.92 Å². The van der Waals surface area contributed by atoms with Crippen molar-refractivity contribution >= 4 is 56.5 Å². The second kappa shape index (κ2) is 6.54. The second-order valence-corrected chi connectivity index (χ2v) is 7.21. The van der Waals surface area contributed by atoms with Gasteiger partial charge in [0.25, 0.3) is 0 Å². The van der Waals surface area contributed by atoms with Gasteiger partial charge in [-0.05, 0) is 52.7 Å². The lowest BCUT2D eigenvalue weighted by Crippen LogP contribution is -2.16. The Hall–Kier alpha value is -2.15. The molecule has 0 saturated heterocycles. The zero-order valence-electron chi connectivity index (χ0n) is 13.5. The van der Waals surface area contributed by atoms with E-state index in [1.54, 1.807) is 35.1 Å². The van der Waals surface area contributed by atoms with Gasteiger partial charge in [0, 0.05) is 22.8 Å². The number of hydrogen-bond acceptors (Lipinski definition) is 4. The molecule has 0 radical (unpaired) electrons. The molecule has 2 aromatic heterocycles. The summed E-state index contributed by atoms with van der Waals surface area (Å²) in [6, 6.07) is 8.92. The third-order valence-electron chi connectivity index (χ3n) is 3.94. The lowest BCUT2D eigenvalue weighted by Gasteiger charge is -2.20. The van der Waals surface area contributed by atoms with Crippen LogP contribution in [-0.2, 0) is 4.74 Å².